The van der Waals surface area contributed by atoms with Crippen LogP contribution >= 0.6 is 0 Å². The summed E-state index contributed by atoms with van der Waals surface area (Å²) in [5.74, 6) is 0.625. The number of benzene rings is 2. The molecule has 2 aromatic rings. The van der Waals surface area contributed by atoms with E-state index in [-0.39, 0.29) is 0 Å². The van der Waals surface area contributed by atoms with E-state index in [9.17, 15) is 0 Å². The van der Waals surface area contributed by atoms with Crippen molar-refractivity contribution in [1.29, 1.82) is 0 Å². The van der Waals surface area contributed by atoms with Crippen LogP contribution in [0.25, 0.3) is 11.1 Å². The quantitative estimate of drug-likeness (QED) is 0.479. The first-order valence-corrected chi connectivity index (χ1v) is 9.91. The van der Waals surface area contributed by atoms with Gasteiger partial charge in [0.2, 0.25) is 0 Å². The van der Waals surface area contributed by atoms with Gasteiger partial charge in [-0.2, -0.15) is 0 Å². The molecule has 1 heteroatoms. The molecule has 1 aliphatic heterocycles. The van der Waals surface area contributed by atoms with Crippen molar-refractivity contribution in [1.82, 2.24) is 0 Å². The van der Waals surface area contributed by atoms with Gasteiger partial charge in [0, 0.05) is 0 Å². The van der Waals surface area contributed by atoms with Gasteiger partial charge in [0.05, 0.1) is 0 Å². The molecule has 2 aromatic carbocycles. The SMILES string of the molecule is CC1=C(C)CC(C2c3ccccc3-c3ccccc32)[Se]C1. The van der Waals surface area contributed by atoms with Crippen LogP contribution in [0.15, 0.2) is 59.7 Å². The molecule has 0 amide bonds. The van der Waals surface area contributed by atoms with Gasteiger partial charge < -0.3 is 0 Å². The van der Waals surface area contributed by atoms with Gasteiger partial charge in [-0.05, 0) is 0 Å². The third-order valence-corrected chi connectivity index (χ3v) is 8.08. The Morgan fingerprint density at radius 2 is 1.38 bits per heavy atom. The van der Waals surface area contributed by atoms with E-state index in [4.69, 9.17) is 0 Å². The summed E-state index contributed by atoms with van der Waals surface area (Å²) in [7, 11) is 0. The third kappa shape index (κ3) is 2.11. The molecule has 0 N–H and O–H groups in total. The number of hydrogen-bond donors (Lipinski definition) is 0. The fourth-order valence-corrected chi connectivity index (χ4v) is 6.98. The molecule has 0 saturated heterocycles. The molecule has 1 atom stereocenters. The zero-order valence-electron chi connectivity index (χ0n) is 12.6. The second-order valence-electron chi connectivity index (χ2n) is 6.27. The van der Waals surface area contributed by atoms with Crippen molar-refractivity contribution in [3.8, 4) is 11.1 Å². The Morgan fingerprint density at radius 1 is 0.810 bits per heavy atom. The summed E-state index contributed by atoms with van der Waals surface area (Å²) >= 11 is 0.721. The van der Waals surface area contributed by atoms with E-state index < -0.39 is 0 Å². The molecular formula is C20H20Se. The van der Waals surface area contributed by atoms with Gasteiger partial charge in [-0.15, -0.1) is 0 Å². The van der Waals surface area contributed by atoms with Crippen LogP contribution in [-0.2, 0) is 0 Å². The molecule has 0 spiro atoms. The maximum atomic E-state index is 2.36. The zero-order valence-corrected chi connectivity index (χ0v) is 14.3. The molecule has 0 saturated carbocycles. The van der Waals surface area contributed by atoms with Gasteiger partial charge in [-0.25, -0.2) is 0 Å². The number of rotatable bonds is 1. The standard InChI is InChI=1S/C20H20Se/c1-13-11-19(21-12-14(13)2)20-17-9-5-3-7-15(17)16-8-4-6-10-18(16)20/h3-10,19-20H,11-12H2,1-2H3. The minimum absolute atomic E-state index is 0.625. The van der Waals surface area contributed by atoms with Crippen LogP contribution in [0.4, 0.5) is 0 Å². The Labute approximate surface area is 133 Å². The fraction of sp³-hybridized carbons (Fsp3) is 0.300. The normalized spacial score (nSPS) is 21.3. The van der Waals surface area contributed by atoms with Crippen LogP contribution in [0.3, 0.4) is 0 Å². The summed E-state index contributed by atoms with van der Waals surface area (Å²) in [6, 6.07) is 18.1. The molecule has 1 unspecified atom stereocenters. The molecule has 0 aromatic heterocycles. The number of hydrogen-bond acceptors (Lipinski definition) is 0. The van der Waals surface area contributed by atoms with Crippen molar-refractivity contribution in [2.45, 2.75) is 36.3 Å². The third-order valence-electron chi connectivity index (χ3n) is 5.00. The summed E-state index contributed by atoms with van der Waals surface area (Å²) in [6.07, 6.45) is 1.29. The summed E-state index contributed by atoms with van der Waals surface area (Å²) in [5.41, 5.74) is 9.35. The summed E-state index contributed by atoms with van der Waals surface area (Å²) in [4.78, 5) is 0.825. The van der Waals surface area contributed by atoms with Crippen LogP contribution < -0.4 is 0 Å². The Bertz CT molecular complexity index is 681. The van der Waals surface area contributed by atoms with E-state index in [0.29, 0.717) is 5.92 Å². The van der Waals surface area contributed by atoms with Crippen LogP contribution in [0, 0.1) is 0 Å². The van der Waals surface area contributed by atoms with Gasteiger partial charge in [0.1, 0.15) is 0 Å². The predicted octanol–water partition coefficient (Wildman–Crippen LogP) is 5.45. The monoisotopic (exact) mass is 340 g/mol. The van der Waals surface area contributed by atoms with Crippen molar-refractivity contribution < 1.29 is 0 Å². The van der Waals surface area contributed by atoms with Gasteiger partial charge in [-0.3, -0.25) is 0 Å². The second-order valence-corrected chi connectivity index (χ2v) is 8.84. The van der Waals surface area contributed by atoms with Crippen molar-refractivity contribution in [3.63, 3.8) is 0 Å². The second kappa shape index (κ2) is 5.16. The first kappa shape index (κ1) is 13.4. The maximum absolute atomic E-state index is 2.36. The Kier molecular flexibility index (Phi) is 3.28. The Hall–Kier alpha value is -1.30. The van der Waals surface area contributed by atoms with Gasteiger partial charge in [-0.1, -0.05) is 0 Å². The fourth-order valence-electron chi connectivity index (χ4n) is 3.70. The molecule has 2 aliphatic rings. The molecule has 106 valence electrons. The average Bonchev–Trinajstić information content (AvgIpc) is 2.85. The van der Waals surface area contributed by atoms with Gasteiger partial charge in [0.15, 0.2) is 0 Å². The summed E-state index contributed by atoms with van der Waals surface area (Å²) < 4.78 is 0. The molecule has 0 bridgehead atoms. The Morgan fingerprint density at radius 3 is 1.95 bits per heavy atom. The van der Waals surface area contributed by atoms with E-state index in [1.807, 2.05) is 0 Å². The van der Waals surface area contributed by atoms with Crippen molar-refractivity contribution in [2.24, 2.45) is 0 Å². The van der Waals surface area contributed by atoms with E-state index in [0.717, 1.165) is 19.8 Å². The molecule has 0 fully saturated rings. The molecular weight excluding hydrogens is 319 g/mol. The van der Waals surface area contributed by atoms with Crippen LogP contribution in [0.5, 0.6) is 0 Å². The van der Waals surface area contributed by atoms with Crippen molar-refractivity contribution in [3.05, 3.63) is 70.8 Å². The first-order valence-electron chi connectivity index (χ1n) is 7.71. The molecule has 0 nitrogen and oxygen atoms in total. The van der Waals surface area contributed by atoms with E-state index in [1.54, 1.807) is 22.3 Å². The summed E-state index contributed by atoms with van der Waals surface area (Å²) in [6.45, 7) is 4.66. The molecule has 1 aliphatic carbocycles. The van der Waals surface area contributed by atoms with Crippen molar-refractivity contribution >= 4 is 15.0 Å². The number of fused-ring (bicyclic) bond motifs is 3. The Balaban J connectivity index is 1.83. The minimum atomic E-state index is 0.625. The summed E-state index contributed by atoms with van der Waals surface area (Å²) in [5, 5.41) is 1.34. The zero-order chi connectivity index (χ0) is 14.4. The van der Waals surface area contributed by atoms with Crippen LogP contribution in [-0.4, -0.2) is 15.0 Å². The molecule has 0 radical (unpaired) electrons. The molecule has 21 heavy (non-hydrogen) atoms. The first-order chi connectivity index (χ1) is 10.3. The topological polar surface area (TPSA) is 0 Å². The van der Waals surface area contributed by atoms with E-state index >= 15 is 0 Å². The molecule has 1 heterocycles. The van der Waals surface area contributed by atoms with Crippen molar-refractivity contribution in [2.75, 3.05) is 0 Å². The van der Waals surface area contributed by atoms with Gasteiger partial charge >= 0.3 is 133 Å². The predicted molar refractivity (Wildman–Crippen MR) is 91.0 cm³/mol. The number of allylic oxidation sites excluding steroid dienone is 2. The average molecular weight is 339 g/mol. The van der Waals surface area contributed by atoms with Crippen LogP contribution in [0.2, 0.25) is 10.1 Å². The van der Waals surface area contributed by atoms with Gasteiger partial charge in [0.25, 0.3) is 0 Å². The van der Waals surface area contributed by atoms with E-state index in [2.05, 4.69) is 62.4 Å². The van der Waals surface area contributed by atoms with Crippen LogP contribution in [0.1, 0.15) is 37.3 Å². The molecule has 4 rings (SSSR count). The van der Waals surface area contributed by atoms with E-state index in [1.165, 1.54) is 22.9 Å².